The second-order valence-corrected chi connectivity index (χ2v) is 9.08. The van der Waals surface area contributed by atoms with E-state index in [1.54, 1.807) is 7.11 Å². The van der Waals surface area contributed by atoms with Crippen molar-refractivity contribution in [1.82, 2.24) is 24.4 Å². The Morgan fingerprint density at radius 3 is 2.88 bits per heavy atom. The molecule has 3 heterocycles. The lowest BCUT2D eigenvalue weighted by molar-refractivity contribution is 0.0167. The number of methoxy groups -OCH3 is 1. The van der Waals surface area contributed by atoms with Crippen LogP contribution in [0.25, 0.3) is 16.6 Å². The molecule has 3 aromatic rings. The van der Waals surface area contributed by atoms with Crippen molar-refractivity contribution in [3.05, 3.63) is 30.4 Å². The van der Waals surface area contributed by atoms with Crippen LogP contribution in [0.15, 0.2) is 24.7 Å². The standard InChI is InChI=1S/C24H32N6O2/c1-5-6-11-29-15-19(13-26-29)20-12-21(18-7-9-24(3,31)10-8-18)30-22(20)14-25-23(28-30)27-17(2)16-32-4/h1,12-15,17-18,31H,6-11,16H2,2-4H3,(H,27,28)/t17-,18?,24?/m0/s1. The maximum atomic E-state index is 10.4. The summed E-state index contributed by atoms with van der Waals surface area (Å²) >= 11 is 0. The van der Waals surface area contributed by atoms with Crippen LogP contribution in [-0.2, 0) is 11.3 Å². The van der Waals surface area contributed by atoms with Crippen molar-refractivity contribution in [3.8, 4) is 23.5 Å². The van der Waals surface area contributed by atoms with Crippen molar-refractivity contribution in [1.29, 1.82) is 0 Å². The lowest BCUT2D eigenvalue weighted by atomic mass is 9.78. The molecular weight excluding hydrogens is 404 g/mol. The number of aryl methyl sites for hydroxylation is 1. The van der Waals surface area contributed by atoms with Crippen molar-refractivity contribution in [3.63, 3.8) is 0 Å². The zero-order valence-electron chi connectivity index (χ0n) is 19.1. The van der Waals surface area contributed by atoms with E-state index < -0.39 is 5.60 Å². The molecule has 8 nitrogen and oxygen atoms in total. The highest BCUT2D eigenvalue weighted by Crippen LogP contribution is 2.40. The molecule has 170 valence electrons. The molecule has 0 radical (unpaired) electrons. The lowest BCUT2D eigenvalue weighted by Crippen LogP contribution is -2.30. The first-order valence-corrected chi connectivity index (χ1v) is 11.2. The molecule has 0 unspecified atom stereocenters. The predicted octanol–water partition coefficient (Wildman–Crippen LogP) is 3.47. The molecule has 8 heteroatoms. The van der Waals surface area contributed by atoms with E-state index in [-0.39, 0.29) is 6.04 Å². The third-order valence-electron chi connectivity index (χ3n) is 6.25. The van der Waals surface area contributed by atoms with E-state index >= 15 is 0 Å². The van der Waals surface area contributed by atoms with E-state index in [0.717, 1.165) is 48.0 Å². The van der Waals surface area contributed by atoms with Gasteiger partial charge in [-0.25, -0.2) is 9.50 Å². The maximum Gasteiger partial charge on any atom is 0.241 e. The van der Waals surface area contributed by atoms with Crippen LogP contribution in [0.1, 0.15) is 57.6 Å². The fourth-order valence-electron chi connectivity index (χ4n) is 4.45. The number of aliphatic hydroxyl groups is 1. The van der Waals surface area contributed by atoms with Gasteiger partial charge in [0.2, 0.25) is 5.95 Å². The Morgan fingerprint density at radius 2 is 2.16 bits per heavy atom. The van der Waals surface area contributed by atoms with Gasteiger partial charge in [0.05, 0.1) is 36.7 Å². The highest BCUT2D eigenvalue weighted by Gasteiger charge is 2.31. The van der Waals surface area contributed by atoms with Crippen molar-refractivity contribution in [2.75, 3.05) is 19.0 Å². The Morgan fingerprint density at radius 1 is 1.38 bits per heavy atom. The summed E-state index contributed by atoms with van der Waals surface area (Å²) < 4.78 is 9.11. The fourth-order valence-corrected chi connectivity index (χ4v) is 4.45. The Kier molecular flexibility index (Phi) is 6.49. The summed E-state index contributed by atoms with van der Waals surface area (Å²) in [6, 6.07) is 2.30. The number of terminal acetylenes is 1. The molecule has 0 bridgehead atoms. The molecule has 1 atom stereocenters. The molecule has 0 aromatic carbocycles. The Bertz CT molecular complexity index is 1100. The lowest BCUT2D eigenvalue weighted by Gasteiger charge is -2.32. The quantitative estimate of drug-likeness (QED) is 0.526. The summed E-state index contributed by atoms with van der Waals surface area (Å²) in [5.74, 6) is 3.55. The highest BCUT2D eigenvalue weighted by molar-refractivity contribution is 5.81. The summed E-state index contributed by atoms with van der Waals surface area (Å²) in [4.78, 5) is 4.56. The first-order chi connectivity index (χ1) is 15.4. The highest BCUT2D eigenvalue weighted by atomic mass is 16.5. The van der Waals surface area contributed by atoms with Gasteiger partial charge in [-0.15, -0.1) is 17.4 Å². The fraction of sp³-hybridized carbons (Fsp3) is 0.542. The van der Waals surface area contributed by atoms with E-state index in [1.807, 2.05) is 41.6 Å². The van der Waals surface area contributed by atoms with Gasteiger partial charge in [0, 0.05) is 48.5 Å². The molecule has 1 fully saturated rings. The molecule has 0 amide bonds. The molecule has 1 aliphatic rings. The number of nitrogens with one attached hydrogen (secondary N) is 1. The van der Waals surface area contributed by atoms with Crippen LogP contribution in [-0.4, -0.2) is 54.8 Å². The zero-order chi connectivity index (χ0) is 22.7. The number of aromatic nitrogens is 5. The summed E-state index contributed by atoms with van der Waals surface area (Å²) in [6.07, 6.45) is 15.2. The molecule has 0 aliphatic heterocycles. The Hall–Kier alpha value is -2.89. The van der Waals surface area contributed by atoms with Gasteiger partial charge >= 0.3 is 0 Å². The molecule has 3 aromatic heterocycles. The minimum absolute atomic E-state index is 0.0927. The van der Waals surface area contributed by atoms with E-state index in [9.17, 15) is 5.11 Å². The SMILES string of the molecule is C#CCCn1cc(-c2cc(C3CCC(C)(O)CC3)n3nc(N[C@@H](C)COC)ncc23)cn1. The summed E-state index contributed by atoms with van der Waals surface area (Å²) in [5.41, 5.74) is 3.58. The molecule has 0 spiro atoms. The second-order valence-electron chi connectivity index (χ2n) is 9.08. The van der Waals surface area contributed by atoms with E-state index in [4.69, 9.17) is 16.3 Å². The van der Waals surface area contributed by atoms with Gasteiger partial charge in [0.15, 0.2) is 0 Å². The van der Waals surface area contributed by atoms with Crippen LogP contribution >= 0.6 is 0 Å². The molecule has 2 N–H and O–H groups in total. The predicted molar refractivity (Wildman–Crippen MR) is 124 cm³/mol. The maximum absolute atomic E-state index is 10.4. The van der Waals surface area contributed by atoms with Crippen molar-refractivity contribution in [2.45, 2.75) is 70.1 Å². The van der Waals surface area contributed by atoms with E-state index in [2.05, 4.69) is 27.4 Å². The molecule has 4 rings (SSSR count). The average molecular weight is 437 g/mol. The van der Waals surface area contributed by atoms with Crippen LogP contribution in [0.5, 0.6) is 0 Å². The van der Waals surface area contributed by atoms with Gasteiger partial charge in [-0.1, -0.05) is 0 Å². The van der Waals surface area contributed by atoms with Gasteiger partial charge in [0.1, 0.15) is 0 Å². The molecule has 32 heavy (non-hydrogen) atoms. The van der Waals surface area contributed by atoms with Gasteiger partial charge in [-0.05, 0) is 45.6 Å². The number of hydrogen-bond donors (Lipinski definition) is 2. The first kappa shape index (κ1) is 22.3. The topological polar surface area (TPSA) is 89.5 Å². The summed E-state index contributed by atoms with van der Waals surface area (Å²) in [7, 11) is 1.68. The Labute approximate surface area is 189 Å². The van der Waals surface area contributed by atoms with Gasteiger partial charge in [0.25, 0.3) is 0 Å². The van der Waals surface area contributed by atoms with Crippen molar-refractivity contribution < 1.29 is 9.84 Å². The first-order valence-electron chi connectivity index (χ1n) is 11.2. The monoisotopic (exact) mass is 436 g/mol. The van der Waals surface area contributed by atoms with Crippen LogP contribution in [0.3, 0.4) is 0 Å². The van der Waals surface area contributed by atoms with Gasteiger partial charge < -0.3 is 15.2 Å². The molecular formula is C24H32N6O2. The number of ether oxygens (including phenoxy) is 1. The number of fused-ring (bicyclic) bond motifs is 1. The smallest absolute Gasteiger partial charge is 0.241 e. The van der Waals surface area contributed by atoms with Crippen molar-refractivity contribution >= 4 is 11.5 Å². The van der Waals surface area contributed by atoms with Crippen molar-refractivity contribution in [2.24, 2.45) is 0 Å². The summed E-state index contributed by atoms with van der Waals surface area (Å²) in [5, 5.41) is 23.0. The third kappa shape index (κ3) is 4.79. The van der Waals surface area contributed by atoms with Crippen LogP contribution in [0.2, 0.25) is 0 Å². The van der Waals surface area contributed by atoms with Crippen LogP contribution < -0.4 is 5.32 Å². The van der Waals surface area contributed by atoms with Gasteiger partial charge in [-0.2, -0.15) is 5.10 Å². The molecule has 1 aliphatic carbocycles. The largest absolute Gasteiger partial charge is 0.390 e. The average Bonchev–Trinajstić information content (AvgIpc) is 3.37. The number of nitrogens with zero attached hydrogens (tertiary/aromatic N) is 5. The number of hydrogen-bond acceptors (Lipinski definition) is 6. The second kappa shape index (κ2) is 9.31. The molecule has 0 saturated heterocycles. The Balaban J connectivity index is 1.72. The van der Waals surface area contributed by atoms with Crippen LogP contribution in [0.4, 0.5) is 5.95 Å². The van der Waals surface area contributed by atoms with Gasteiger partial charge in [-0.3, -0.25) is 4.68 Å². The molecule has 1 saturated carbocycles. The zero-order valence-corrected chi connectivity index (χ0v) is 19.1. The number of anilines is 1. The summed E-state index contributed by atoms with van der Waals surface area (Å²) in [6.45, 7) is 5.22. The van der Waals surface area contributed by atoms with E-state index in [0.29, 0.717) is 31.4 Å². The normalized spacial score (nSPS) is 22.0. The van der Waals surface area contributed by atoms with Crippen LogP contribution in [0, 0.1) is 12.3 Å². The minimum atomic E-state index is -0.582. The minimum Gasteiger partial charge on any atom is -0.390 e. The van der Waals surface area contributed by atoms with E-state index in [1.165, 1.54) is 0 Å². The number of rotatable bonds is 8. The third-order valence-corrected chi connectivity index (χ3v) is 6.25.